The van der Waals surface area contributed by atoms with Crippen molar-refractivity contribution in [3.8, 4) is 0 Å². The highest BCUT2D eigenvalue weighted by atomic mass is 35.5. The number of quaternary nitrogens is 1. The quantitative estimate of drug-likeness (QED) is 0.746. The van der Waals surface area contributed by atoms with Crippen molar-refractivity contribution >= 4 is 35.0 Å². The van der Waals surface area contributed by atoms with Gasteiger partial charge in [0, 0.05) is 0 Å². The molecule has 134 valence electrons. The van der Waals surface area contributed by atoms with Crippen LogP contribution in [-0.4, -0.2) is 49.3 Å². The van der Waals surface area contributed by atoms with Crippen molar-refractivity contribution in [3.63, 3.8) is 0 Å². The lowest BCUT2D eigenvalue weighted by atomic mass is 10.1. The third-order valence-electron chi connectivity index (χ3n) is 4.25. The molecule has 1 atom stereocenters. The van der Waals surface area contributed by atoms with Crippen molar-refractivity contribution in [1.82, 2.24) is 4.90 Å². The lowest BCUT2D eigenvalue weighted by Gasteiger charge is -2.18. The van der Waals surface area contributed by atoms with E-state index in [9.17, 15) is 14.4 Å². The fraction of sp³-hybridized carbons (Fsp3) is 0.211. The highest BCUT2D eigenvalue weighted by molar-refractivity contribution is 6.33. The summed E-state index contributed by atoms with van der Waals surface area (Å²) in [5, 5.41) is 3.24. The second-order valence-corrected chi connectivity index (χ2v) is 6.63. The number of hydrogen-bond acceptors (Lipinski definition) is 3. The van der Waals surface area contributed by atoms with E-state index in [0.29, 0.717) is 28.4 Å². The first kappa shape index (κ1) is 18.1. The Labute approximate surface area is 156 Å². The normalized spacial score (nSPS) is 14.3. The predicted octanol–water partition coefficient (Wildman–Crippen LogP) is 1.09. The number of para-hydroxylation sites is 1. The van der Waals surface area contributed by atoms with E-state index in [4.69, 9.17) is 11.6 Å². The summed E-state index contributed by atoms with van der Waals surface area (Å²) in [6.07, 6.45) is 0. The Morgan fingerprint density at radius 3 is 2.23 bits per heavy atom. The molecule has 0 aromatic heterocycles. The van der Waals surface area contributed by atoms with E-state index in [-0.39, 0.29) is 30.8 Å². The average Bonchev–Trinajstić information content (AvgIpc) is 2.86. The van der Waals surface area contributed by atoms with Gasteiger partial charge in [0.1, 0.15) is 0 Å². The molecule has 26 heavy (non-hydrogen) atoms. The SMILES string of the molecule is C[NH+](CCN1C(=O)c2ccccc2C1=O)CC(=O)Nc1ccccc1Cl. The minimum Gasteiger partial charge on any atom is -0.328 e. The van der Waals surface area contributed by atoms with E-state index in [1.165, 1.54) is 4.90 Å². The Balaban J connectivity index is 1.53. The average molecular weight is 373 g/mol. The van der Waals surface area contributed by atoms with Gasteiger partial charge in [-0.1, -0.05) is 35.9 Å². The molecule has 2 aromatic carbocycles. The highest BCUT2D eigenvalue weighted by Crippen LogP contribution is 2.22. The lowest BCUT2D eigenvalue weighted by Crippen LogP contribution is -3.10. The zero-order chi connectivity index (χ0) is 18.7. The van der Waals surface area contributed by atoms with E-state index < -0.39 is 0 Å². The smallest absolute Gasteiger partial charge is 0.279 e. The molecular formula is C19H19ClN3O3+. The topological polar surface area (TPSA) is 70.9 Å². The molecule has 2 N–H and O–H groups in total. The maximum atomic E-state index is 12.3. The minimum absolute atomic E-state index is 0.182. The van der Waals surface area contributed by atoms with Crippen molar-refractivity contribution in [2.24, 2.45) is 0 Å². The number of amides is 3. The Morgan fingerprint density at radius 1 is 1.04 bits per heavy atom. The molecular weight excluding hydrogens is 354 g/mol. The molecule has 3 rings (SSSR count). The van der Waals surface area contributed by atoms with E-state index in [1.807, 2.05) is 7.05 Å². The van der Waals surface area contributed by atoms with Crippen molar-refractivity contribution in [1.29, 1.82) is 0 Å². The summed E-state index contributed by atoms with van der Waals surface area (Å²) in [4.78, 5) is 38.9. The number of carbonyl (C=O) groups is 3. The molecule has 1 heterocycles. The second kappa shape index (κ2) is 7.68. The molecule has 2 aromatic rings. The number of imide groups is 1. The highest BCUT2D eigenvalue weighted by Gasteiger charge is 2.35. The van der Waals surface area contributed by atoms with Gasteiger partial charge >= 0.3 is 0 Å². The number of likely N-dealkylation sites (N-methyl/N-ethyl adjacent to an activating group) is 1. The van der Waals surface area contributed by atoms with Crippen LogP contribution in [0.2, 0.25) is 5.02 Å². The van der Waals surface area contributed by atoms with Crippen LogP contribution in [-0.2, 0) is 4.79 Å². The number of rotatable bonds is 6. The van der Waals surface area contributed by atoms with Gasteiger partial charge in [0.25, 0.3) is 17.7 Å². The molecule has 7 heteroatoms. The summed E-state index contributed by atoms with van der Waals surface area (Å²) in [6.45, 7) is 0.938. The first-order valence-electron chi connectivity index (χ1n) is 8.28. The Bertz CT molecular complexity index is 834. The number of fused-ring (bicyclic) bond motifs is 1. The van der Waals surface area contributed by atoms with E-state index in [0.717, 1.165) is 4.90 Å². The fourth-order valence-corrected chi connectivity index (χ4v) is 3.05. The second-order valence-electron chi connectivity index (χ2n) is 6.22. The van der Waals surface area contributed by atoms with Crippen molar-refractivity contribution < 1.29 is 19.3 Å². The first-order chi connectivity index (χ1) is 12.5. The van der Waals surface area contributed by atoms with Crippen LogP contribution in [0.4, 0.5) is 5.69 Å². The van der Waals surface area contributed by atoms with Crippen molar-refractivity contribution in [3.05, 3.63) is 64.7 Å². The van der Waals surface area contributed by atoms with E-state index in [1.54, 1.807) is 48.5 Å². The largest absolute Gasteiger partial charge is 0.328 e. The van der Waals surface area contributed by atoms with Crippen LogP contribution in [0.3, 0.4) is 0 Å². The molecule has 0 bridgehead atoms. The summed E-state index contributed by atoms with van der Waals surface area (Å²) in [7, 11) is 1.84. The Morgan fingerprint density at radius 2 is 1.62 bits per heavy atom. The molecule has 0 aliphatic carbocycles. The van der Waals surface area contributed by atoms with Gasteiger partial charge < -0.3 is 10.2 Å². The molecule has 1 aliphatic rings. The van der Waals surface area contributed by atoms with Gasteiger partial charge in [0.2, 0.25) is 0 Å². The summed E-state index contributed by atoms with van der Waals surface area (Å²) in [5.74, 6) is -0.740. The molecule has 0 spiro atoms. The van der Waals surface area contributed by atoms with Gasteiger partial charge in [-0.2, -0.15) is 0 Å². The maximum absolute atomic E-state index is 12.3. The molecule has 3 amide bonds. The van der Waals surface area contributed by atoms with Gasteiger partial charge in [-0.3, -0.25) is 19.3 Å². The summed E-state index contributed by atoms with van der Waals surface area (Å²) < 4.78 is 0. The lowest BCUT2D eigenvalue weighted by molar-refractivity contribution is -0.870. The van der Waals surface area contributed by atoms with Crippen molar-refractivity contribution in [2.45, 2.75) is 0 Å². The summed E-state index contributed by atoms with van der Waals surface area (Å²) in [6, 6.07) is 13.8. The first-order valence-corrected chi connectivity index (χ1v) is 8.66. The molecule has 0 saturated heterocycles. The van der Waals surface area contributed by atoms with Gasteiger partial charge in [0.15, 0.2) is 6.54 Å². The van der Waals surface area contributed by atoms with Crippen LogP contribution in [0.25, 0.3) is 0 Å². The number of carbonyl (C=O) groups excluding carboxylic acids is 3. The van der Waals surface area contributed by atoms with Gasteiger partial charge in [-0.15, -0.1) is 0 Å². The minimum atomic E-state index is -0.279. The third-order valence-corrected chi connectivity index (χ3v) is 4.58. The molecule has 0 radical (unpaired) electrons. The van der Waals surface area contributed by atoms with E-state index in [2.05, 4.69) is 5.32 Å². The summed E-state index contributed by atoms with van der Waals surface area (Å²) in [5.41, 5.74) is 1.44. The van der Waals surface area contributed by atoms with Crippen LogP contribution in [0.15, 0.2) is 48.5 Å². The number of nitrogens with zero attached hydrogens (tertiary/aromatic N) is 1. The molecule has 0 fully saturated rings. The monoisotopic (exact) mass is 372 g/mol. The predicted molar refractivity (Wildman–Crippen MR) is 98.5 cm³/mol. The number of nitrogens with one attached hydrogen (secondary N) is 2. The number of hydrogen-bond donors (Lipinski definition) is 2. The molecule has 0 saturated carbocycles. The maximum Gasteiger partial charge on any atom is 0.279 e. The molecule has 1 aliphatic heterocycles. The van der Waals surface area contributed by atoms with Gasteiger partial charge in [-0.25, -0.2) is 0 Å². The van der Waals surface area contributed by atoms with Crippen LogP contribution in [0.5, 0.6) is 0 Å². The number of benzene rings is 2. The third kappa shape index (κ3) is 3.76. The van der Waals surface area contributed by atoms with Crippen molar-refractivity contribution in [2.75, 3.05) is 32.0 Å². The Kier molecular flexibility index (Phi) is 5.35. The van der Waals surface area contributed by atoms with Gasteiger partial charge in [-0.05, 0) is 24.3 Å². The zero-order valence-electron chi connectivity index (χ0n) is 14.3. The van der Waals surface area contributed by atoms with Crippen LogP contribution in [0, 0.1) is 0 Å². The fourth-order valence-electron chi connectivity index (χ4n) is 2.86. The van der Waals surface area contributed by atoms with Gasteiger partial charge in [0.05, 0.1) is 42.0 Å². The standard InChI is InChI=1S/C19H18ClN3O3/c1-22(12-17(24)21-16-9-5-4-8-15(16)20)10-11-23-18(25)13-6-2-3-7-14(13)19(23)26/h2-9H,10-12H2,1H3,(H,21,24)/p+1. The number of anilines is 1. The van der Waals surface area contributed by atoms with Crippen LogP contribution < -0.4 is 10.2 Å². The molecule has 6 nitrogen and oxygen atoms in total. The molecule has 1 unspecified atom stereocenters. The van der Waals surface area contributed by atoms with Crippen LogP contribution in [0.1, 0.15) is 20.7 Å². The Hall–Kier alpha value is -2.70. The van der Waals surface area contributed by atoms with E-state index >= 15 is 0 Å². The summed E-state index contributed by atoms with van der Waals surface area (Å²) >= 11 is 6.03. The zero-order valence-corrected chi connectivity index (χ0v) is 15.0. The number of halogens is 1. The van der Waals surface area contributed by atoms with Crippen LogP contribution >= 0.6 is 11.6 Å².